The molecule has 0 radical (unpaired) electrons. The molecule has 162 valence electrons. The van der Waals surface area contributed by atoms with Gasteiger partial charge in [0.25, 0.3) is 5.91 Å². The van der Waals surface area contributed by atoms with Gasteiger partial charge in [0.2, 0.25) is 5.82 Å². The third-order valence-corrected chi connectivity index (χ3v) is 4.88. The summed E-state index contributed by atoms with van der Waals surface area (Å²) in [5.74, 6) is -3.51. The Labute approximate surface area is 171 Å². The van der Waals surface area contributed by atoms with Crippen LogP contribution in [0, 0.1) is 11.6 Å². The van der Waals surface area contributed by atoms with E-state index >= 15 is 0 Å². The zero-order valence-electron chi connectivity index (χ0n) is 16.7. The average molecular weight is 423 g/mol. The number of aliphatic hydroxyl groups excluding tert-OH is 2. The van der Waals surface area contributed by atoms with E-state index in [4.69, 9.17) is 14.6 Å². The second kappa shape index (κ2) is 8.58. The fraction of sp³-hybridized carbons (Fsp3) is 0.450. The van der Waals surface area contributed by atoms with Gasteiger partial charge in [-0.3, -0.25) is 4.79 Å². The number of halogens is 2. The standard InChI is InChI=1S/C20H23F2N3O5/c1-20(2)6-12(11-4-5-13(21)15(22)16(11)29-3)17(30-20)19(28)25-10-7-23-18(24-8-10)14(27)9-26/h4-5,7-8,12,14,17,26-27H,6,9H2,1-3H3,(H,25,28)/t12-,14-,17+/m0/s1. The van der Waals surface area contributed by atoms with Crippen LogP contribution in [0.15, 0.2) is 24.5 Å². The summed E-state index contributed by atoms with van der Waals surface area (Å²) in [4.78, 5) is 20.7. The summed E-state index contributed by atoms with van der Waals surface area (Å²) in [6.07, 6.45) is 0.726. The molecule has 3 atom stereocenters. The molecule has 8 nitrogen and oxygen atoms in total. The Balaban J connectivity index is 1.86. The van der Waals surface area contributed by atoms with E-state index in [1.54, 1.807) is 13.8 Å². The van der Waals surface area contributed by atoms with Crippen molar-refractivity contribution in [2.75, 3.05) is 19.0 Å². The van der Waals surface area contributed by atoms with Gasteiger partial charge in [-0.2, -0.15) is 4.39 Å². The molecule has 1 aromatic heterocycles. The molecular formula is C20H23F2N3O5. The molecule has 0 bridgehead atoms. The van der Waals surface area contributed by atoms with E-state index < -0.39 is 47.9 Å². The van der Waals surface area contributed by atoms with Gasteiger partial charge in [0.1, 0.15) is 12.2 Å². The SMILES string of the molecule is COc1c([C@@H]2CC(C)(C)O[C@H]2C(=O)Nc2cnc([C@@H](O)CO)nc2)ccc(F)c1F. The third kappa shape index (κ3) is 4.40. The number of amides is 1. The van der Waals surface area contributed by atoms with Gasteiger partial charge in [-0.05, 0) is 26.3 Å². The van der Waals surface area contributed by atoms with Gasteiger partial charge in [0.05, 0.1) is 37.4 Å². The maximum absolute atomic E-state index is 14.2. The van der Waals surface area contributed by atoms with Crippen molar-refractivity contribution in [3.8, 4) is 5.75 Å². The van der Waals surface area contributed by atoms with Gasteiger partial charge in [0.15, 0.2) is 17.4 Å². The molecule has 3 N–H and O–H groups in total. The summed E-state index contributed by atoms with van der Waals surface area (Å²) in [6, 6.07) is 2.38. The highest BCUT2D eigenvalue weighted by Crippen LogP contribution is 2.45. The Hall–Kier alpha value is -2.69. The molecule has 1 aliphatic heterocycles. The molecule has 1 amide bonds. The quantitative estimate of drug-likeness (QED) is 0.652. The number of benzene rings is 1. The normalized spacial score (nSPS) is 21.3. The van der Waals surface area contributed by atoms with Crippen molar-refractivity contribution in [3.05, 3.63) is 47.5 Å². The third-order valence-electron chi connectivity index (χ3n) is 4.88. The number of carbonyl (C=O) groups excluding carboxylic acids is 1. The van der Waals surface area contributed by atoms with Gasteiger partial charge >= 0.3 is 0 Å². The van der Waals surface area contributed by atoms with Crippen molar-refractivity contribution in [1.29, 1.82) is 0 Å². The molecule has 3 rings (SSSR count). The average Bonchev–Trinajstić information content (AvgIpc) is 3.05. The largest absolute Gasteiger partial charge is 0.493 e. The van der Waals surface area contributed by atoms with E-state index in [9.17, 15) is 18.7 Å². The number of hydrogen-bond donors (Lipinski definition) is 3. The molecule has 1 aliphatic rings. The number of rotatable bonds is 6. The molecule has 30 heavy (non-hydrogen) atoms. The highest BCUT2D eigenvalue weighted by atomic mass is 19.2. The van der Waals surface area contributed by atoms with Crippen LogP contribution in [0.3, 0.4) is 0 Å². The first-order chi connectivity index (χ1) is 14.2. The minimum absolute atomic E-state index is 0.0122. The van der Waals surface area contributed by atoms with Crippen molar-refractivity contribution in [3.63, 3.8) is 0 Å². The first-order valence-corrected chi connectivity index (χ1v) is 9.28. The summed E-state index contributed by atoms with van der Waals surface area (Å²) < 4.78 is 38.8. The number of aliphatic hydroxyl groups is 2. The van der Waals surface area contributed by atoms with Crippen molar-refractivity contribution in [1.82, 2.24) is 9.97 Å². The van der Waals surface area contributed by atoms with Crippen LogP contribution in [0.25, 0.3) is 0 Å². The second-order valence-electron chi connectivity index (χ2n) is 7.61. The smallest absolute Gasteiger partial charge is 0.254 e. The minimum atomic E-state index is -1.22. The van der Waals surface area contributed by atoms with Gasteiger partial charge in [0, 0.05) is 11.5 Å². The number of methoxy groups -OCH3 is 1. The van der Waals surface area contributed by atoms with Gasteiger partial charge in [-0.15, -0.1) is 0 Å². The molecule has 0 unspecified atom stereocenters. The van der Waals surface area contributed by atoms with Crippen LogP contribution in [-0.2, 0) is 9.53 Å². The lowest BCUT2D eigenvalue weighted by Crippen LogP contribution is -2.33. The van der Waals surface area contributed by atoms with E-state index in [1.165, 1.54) is 25.6 Å². The maximum atomic E-state index is 14.2. The van der Waals surface area contributed by atoms with Crippen LogP contribution in [0.2, 0.25) is 0 Å². The number of nitrogens with one attached hydrogen (secondary N) is 1. The summed E-state index contributed by atoms with van der Waals surface area (Å²) in [7, 11) is 1.23. The van der Waals surface area contributed by atoms with Crippen molar-refractivity contribution >= 4 is 11.6 Å². The minimum Gasteiger partial charge on any atom is -0.493 e. The van der Waals surface area contributed by atoms with E-state index in [1.807, 2.05) is 0 Å². The van der Waals surface area contributed by atoms with Crippen LogP contribution in [0.4, 0.5) is 14.5 Å². The van der Waals surface area contributed by atoms with Gasteiger partial charge < -0.3 is 25.0 Å². The van der Waals surface area contributed by atoms with E-state index in [0.29, 0.717) is 12.0 Å². The fourth-order valence-corrected chi connectivity index (χ4v) is 3.54. The van der Waals surface area contributed by atoms with Crippen molar-refractivity contribution < 1.29 is 33.3 Å². The van der Waals surface area contributed by atoms with Crippen LogP contribution < -0.4 is 10.1 Å². The summed E-state index contributed by atoms with van der Waals surface area (Å²) in [5.41, 5.74) is -0.105. The molecule has 1 saturated heterocycles. The second-order valence-corrected chi connectivity index (χ2v) is 7.61. The van der Waals surface area contributed by atoms with Crippen molar-refractivity contribution in [2.45, 2.75) is 44.0 Å². The first-order valence-electron chi connectivity index (χ1n) is 9.28. The van der Waals surface area contributed by atoms with Crippen LogP contribution in [-0.4, -0.2) is 51.5 Å². The Bertz CT molecular complexity index is 923. The summed E-state index contributed by atoms with van der Waals surface area (Å²) in [5, 5.41) is 21.1. The Morgan fingerprint density at radius 1 is 1.37 bits per heavy atom. The lowest BCUT2D eigenvalue weighted by Gasteiger charge is -2.21. The fourth-order valence-electron chi connectivity index (χ4n) is 3.54. The molecule has 10 heteroatoms. The molecule has 0 spiro atoms. The van der Waals surface area contributed by atoms with Crippen LogP contribution in [0.5, 0.6) is 5.75 Å². The number of hydrogen-bond acceptors (Lipinski definition) is 7. The summed E-state index contributed by atoms with van der Waals surface area (Å²) >= 11 is 0. The number of ether oxygens (including phenoxy) is 2. The topological polar surface area (TPSA) is 114 Å². The Morgan fingerprint density at radius 2 is 2.03 bits per heavy atom. The summed E-state index contributed by atoms with van der Waals surface area (Å²) in [6.45, 7) is 3.07. The van der Waals surface area contributed by atoms with E-state index in [-0.39, 0.29) is 17.3 Å². The monoisotopic (exact) mass is 423 g/mol. The molecular weight excluding hydrogens is 400 g/mol. The number of carbonyl (C=O) groups is 1. The molecule has 1 fully saturated rings. The Kier molecular flexibility index (Phi) is 6.30. The lowest BCUT2D eigenvalue weighted by atomic mass is 9.86. The maximum Gasteiger partial charge on any atom is 0.254 e. The predicted octanol–water partition coefficient (Wildman–Crippen LogP) is 2.08. The highest BCUT2D eigenvalue weighted by molar-refractivity contribution is 5.95. The highest BCUT2D eigenvalue weighted by Gasteiger charge is 2.46. The zero-order valence-corrected chi connectivity index (χ0v) is 16.7. The number of anilines is 1. The number of aromatic nitrogens is 2. The van der Waals surface area contributed by atoms with Crippen molar-refractivity contribution in [2.24, 2.45) is 0 Å². The van der Waals surface area contributed by atoms with Crippen LogP contribution >= 0.6 is 0 Å². The zero-order chi connectivity index (χ0) is 22.1. The predicted molar refractivity (Wildman–Crippen MR) is 102 cm³/mol. The first kappa shape index (κ1) is 22.0. The Morgan fingerprint density at radius 3 is 2.63 bits per heavy atom. The molecule has 0 aliphatic carbocycles. The van der Waals surface area contributed by atoms with Gasteiger partial charge in [-0.25, -0.2) is 14.4 Å². The molecule has 2 heterocycles. The van der Waals surface area contributed by atoms with E-state index in [2.05, 4.69) is 15.3 Å². The van der Waals surface area contributed by atoms with Gasteiger partial charge in [-0.1, -0.05) is 6.07 Å². The van der Waals surface area contributed by atoms with Crippen LogP contribution in [0.1, 0.15) is 43.7 Å². The lowest BCUT2D eigenvalue weighted by molar-refractivity contribution is -0.130. The van der Waals surface area contributed by atoms with E-state index in [0.717, 1.165) is 6.07 Å². The number of nitrogens with zero attached hydrogens (tertiary/aromatic N) is 2. The molecule has 0 saturated carbocycles. The molecule has 2 aromatic rings. The molecule has 1 aromatic carbocycles.